The van der Waals surface area contributed by atoms with Crippen LogP contribution in [0, 0.1) is 11.8 Å². The number of likely N-dealkylation sites (tertiary alicyclic amines) is 1. The molecule has 0 radical (unpaired) electrons. The molecule has 3 rings (SSSR count). The minimum atomic E-state index is -0.167. The molecule has 2 aromatic rings. The Morgan fingerprint density at radius 1 is 1.15 bits per heavy atom. The molecule has 3 N–H and O–H groups in total. The topological polar surface area (TPSA) is 58.4 Å². The van der Waals surface area contributed by atoms with Crippen molar-refractivity contribution >= 4 is 5.91 Å². The van der Waals surface area contributed by atoms with Gasteiger partial charge in [0.1, 0.15) is 0 Å². The lowest BCUT2D eigenvalue weighted by molar-refractivity contribution is -0.125. The molecule has 0 saturated carbocycles. The number of likely N-dealkylation sites (N-methyl/N-ethyl adjacent to an activating group) is 1. The van der Waals surface area contributed by atoms with Crippen molar-refractivity contribution in [2.24, 2.45) is 5.73 Å². The summed E-state index contributed by atoms with van der Waals surface area (Å²) in [6, 6.07) is 17.9. The van der Waals surface area contributed by atoms with Crippen molar-refractivity contribution in [3.63, 3.8) is 0 Å². The van der Waals surface area contributed by atoms with Gasteiger partial charge in [-0.15, -0.1) is 0 Å². The van der Waals surface area contributed by atoms with Crippen LogP contribution in [0.2, 0.25) is 0 Å². The Balaban J connectivity index is 1.80. The minimum Gasteiger partial charge on any atom is -0.355 e. The van der Waals surface area contributed by atoms with Gasteiger partial charge in [-0.2, -0.15) is 0 Å². The molecule has 1 aliphatic heterocycles. The summed E-state index contributed by atoms with van der Waals surface area (Å²) in [6.07, 6.45) is 0.698. The van der Waals surface area contributed by atoms with Gasteiger partial charge in [-0.3, -0.25) is 9.69 Å². The number of rotatable bonds is 4. The van der Waals surface area contributed by atoms with E-state index < -0.39 is 0 Å². The average molecular weight is 347 g/mol. The molecule has 1 amide bonds. The molecule has 2 aromatic carbocycles. The van der Waals surface area contributed by atoms with Crippen LogP contribution < -0.4 is 11.1 Å². The van der Waals surface area contributed by atoms with Gasteiger partial charge in [0.25, 0.3) is 0 Å². The summed E-state index contributed by atoms with van der Waals surface area (Å²) in [7, 11) is 0. The fourth-order valence-corrected chi connectivity index (χ4v) is 3.34. The number of benzene rings is 2. The van der Waals surface area contributed by atoms with Crippen molar-refractivity contribution in [3.05, 3.63) is 71.3 Å². The molecular formula is C22H25N3O. The van der Waals surface area contributed by atoms with E-state index in [9.17, 15) is 4.79 Å². The number of nitrogens with zero attached hydrogens (tertiary/aromatic N) is 1. The van der Waals surface area contributed by atoms with Crippen molar-refractivity contribution in [3.8, 4) is 11.8 Å². The second-order valence-electron chi connectivity index (χ2n) is 6.61. The molecule has 1 heterocycles. The van der Waals surface area contributed by atoms with Crippen molar-refractivity contribution in [1.29, 1.82) is 0 Å². The van der Waals surface area contributed by atoms with Crippen LogP contribution in [0.5, 0.6) is 0 Å². The molecule has 1 fully saturated rings. The quantitative estimate of drug-likeness (QED) is 0.833. The van der Waals surface area contributed by atoms with Crippen LogP contribution in [0.3, 0.4) is 0 Å². The molecule has 0 unspecified atom stereocenters. The number of carbonyl (C=O) groups is 1. The monoisotopic (exact) mass is 347 g/mol. The number of carbonyl (C=O) groups excluding carboxylic acids is 1. The van der Waals surface area contributed by atoms with Crippen LogP contribution in [-0.2, 0) is 11.3 Å². The van der Waals surface area contributed by atoms with Gasteiger partial charge in [-0.1, -0.05) is 48.2 Å². The zero-order valence-electron chi connectivity index (χ0n) is 15.1. The van der Waals surface area contributed by atoms with Crippen molar-refractivity contribution in [2.45, 2.75) is 32.0 Å². The molecule has 2 atom stereocenters. The summed E-state index contributed by atoms with van der Waals surface area (Å²) < 4.78 is 0. The molecule has 0 bridgehead atoms. The normalized spacial score (nSPS) is 19.6. The second kappa shape index (κ2) is 8.66. The van der Waals surface area contributed by atoms with E-state index in [1.165, 1.54) is 0 Å². The summed E-state index contributed by atoms with van der Waals surface area (Å²) in [5.41, 5.74) is 9.23. The number of amides is 1. The van der Waals surface area contributed by atoms with Crippen LogP contribution in [0.15, 0.2) is 54.6 Å². The van der Waals surface area contributed by atoms with Crippen molar-refractivity contribution in [1.82, 2.24) is 10.2 Å². The van der Waals surface area contributed by atoms with E-state index in [0.717, 1.165) is 23.2 Å². The molecule has 4 nitrogen and oxygen atoms in total. The van der Waals surface area contributed by atoms with E-state index in [2.05, 4.69) is 28.1 Å². The number of hydrogen-bond donors (Lipinski definition) is 2. The molecule has 26 heavy (non-hydrogen) atoms. The first-order chi connectivity index (χ1) is 12.7. The summed E-state index contributed by atoms with van der Waals surface area (Å²) in [5, 5.41) is 2.92. The Bertz CT molecular complexity index is 807. The average Bonchev–Trinajstić information content (AvgIpc) is 3.02. The first-order valence-electron chi connectivity index (χ1n) is 9.09. The third-order valence-electron chi connectivity index (χ3n) is 4.60. The van der Waals surface area contributed by atoms with E-state index in [1.54, 1.807) is 0 Å². The van der Waals surface area contributed by atoms with E-state index in [4.69, 9.17) is 5.73 Å². The van der Waals surface area contributed by atoms with Crippen molar-refractivity contribution in [2.75, 3.05) is 13.1 Å². The maximum atomic E-state index is 12.4. The molecule has 1 saturated heterocycles. The lowest BCUT2D eigenvalue weighted by Gasteiger charge is -2.23. The zero-order valence-corrected chi connectivity index (χ0v) is 15.1. The van der Waals surface area contributed by atoms with Crippen LogP contribution in [0.25, 0.3) is 0 Å². The van der Waals surface area contributed by atoms with Gasteiger partial charge in [-0.25, -0.2) is 0 Å². The van der Waals surface area contributed by atoms with E-state index in [-0.39, 0.29) is 18.0 Å². The Labute approximate surface area is 155 Å². The molecule has 1 aliphatic rings. The van der Waals surface area contributed by atoms with Gasteiger partial charge in [0.15, 0.2) is 0 Å². The standard InChI is InChI=1S/C22H25N3O/c1-2-24-22(26)21-14-20(23)16-25(21)15-19-11-7-6-10-18(19)13-12-17-8-4-3-5-9-17/h3-11,20-21H,2,14-16,23H2,1H3,(H,24,26)/t20-,21-/m0/s1. The number of nitrogens with one attached hydrogen (secondary N) is 1. The van der Waals surface area contributed by atoms with Crippen LogP contribution in [0.4, 0.5) is 0 Å². The summed E-state index contributed by atoms with van der Waals surface area (Å²) >= 11 is 0. The highest BCUT2D eigenvalue weighted by molar-refractivity contribution is 5.82. The smallest absolute Gasteiger partial charge is 0.237 e. The fourth-order valence-electron chi connectivity index (χ4n) is 3.34. The Hall–Kier alpha value is -2.61. The van der Waals surface area contributed by atoms with Crippen LogP contribution >= 0.6 is 0 Å². The maximum Gasteiger partial charge on any atom is 0.237 e. The van der Waals surface area contributed by atoms with Gasteiger partial charge < -0.3 is 11.1 Å². The highest BCUT2D eigenvalue weighted by Crippen LogP contribution is 2.21. The predicted molar refractivity (Wildman–Crippen MR) is 104 cm³/mol. The Kier molecular flexibility index (Phi) is 6.06. The van der Waals surface area contributed by atoms with Crippen LogP contribution in [-0.4, -0.2) is 36.0 Å². The lowest BCUT2D eigenvalue weighted by Crippen LogP contribution is -2.42. The van der Waals surface area contributed by atoms with Gasteiger partial charge in [-0.05, 0) is 37.1 Å². The minimum absolute atomic E-state index is 0.0326. The fraction of sp³-hybridized carbons (Fsp3) is 0.318. The summed E-state index contributed by atoms with van der Waals surface area (Å²) in [5.74, 6) is 6.56. The van der Waals surface area contributed by atoms with Gasteiger partial charge >= 0.3 is 0 Å². The highest BCUT2D eigenvalue weighted by atomic mass is 16.2. The van der Waals surface area contributed by atoms with Gasteiger partial charge in [0.05, 0.1) is 6.04 Å². The SMILES string of the molecule is CCNC(=O)[C@@H]1C[C@H](N)CN1Cc1ccccc1C#Cc1ccccc1. The third-order valence-corrected chi connectivity index (χ3v) is 4.60. The third kappa shape index (κ3) is 4.51. The van der Waals surface area contributed by atoms with E-state index >= 15 is 0 Å². The summed E-state index contributed by atoms with van der Waals surface area (Å²) in [6.45, 7) is 3.97. The highest BCUT2D eigenvalue weighted by Gasteiger charge is 2.34. The lowest BCUT2D eigenvalue weighted by atomic mass is 10.1. The predicted octanol–water partition coefficient (Wildman–Crippen LogP) is 2.12. The van der Waals surface area contributed by atoms with Gasteiger partial charge in [0, 0.05) is 36.8 Å². The van der Waals surface area contributed by atoms with Crippen LogP contribution in [0.1, 0.15) is 30.0 Å². The van der Waals surface area contributed by atoms with E-state index in [0.29, 0.717) is 19.5 Å². The number of nitrogens with two attached hydrogens (primary N) is 1. The molecule has 0 aromatic heterocycles. The number of hydrogen-bond acceptors (Lipinski definition) is 3. The Morgan fingerprint density at radius 2 is 1.88 bits per heavy atom. The second-order valence-corrected chi connectivity index (χ2v) is 6.61. The molecule has 0 spiro atoms. The molecule has 4 heteroatoms. The molecular weight excluding hydrogens is 322 g/mol. The first kappa shape index (κ1) is 18.2. The van der Waals surface area contributed by atoms with Gasteiger partial charge in [0.2, 0.25) is 5.91 Å². The Morgan fingerprint density at radius 3 is 2.65 bits per heavy atom. The van der Waals surface area contributed by atoms with E-state index in [1.807, 2.05) is 55.5 Å². The summed E-state index contributed by atoms with van der Waals surface area (Å²) in [4.78, 5) is 14.5. The largest absolute Gasteiger partial charge is 0.355 e. The van der Waals surface area contributed by atoms with Crippen molar-refractivity contribution < 1.29 is 4.79 Å². The molecule has 134 valence electrons. The maximum absolute atomic E-state index is 12.4. The zero-order chi connectivity index (χ0) is 18.4. The first-order valence-corrected chi connectivity index (χ1v) is 9.09. The molecule has 0 aliphatic carbocycles.